The first-order valence-electron chi connectivity index (χ1n) is 9.30. The summed E-state index contributed by atoms with van der Waals surface area (Å²) in [5.74, 6) is 0.0606. The maximum Gasteiger partial charge on any atom is 0.262 e. The standard InChI is InChI=1S/C22H27BrN2O4/c1-22(2,3)16-8-9-19(18(23)13-16)29-14-20(26)25-17-7-5-6-15(12-17)21(27)24-10-11-28-4/h5-9,12-13H,10-11,14H2,1-4H3,(H,24,27)(H,25,26). The minimum atomic E-state index is -0.311. The second-order valence-corrected chi connectivity index (χ2v) is 8.42. The van der Waals surface area contributed by atoms with Crippen LogP contribution in [0.15, 0.2) is 46.9 Å². The van der Waals surface area contributed by atoms with Gasteiger partial charge in [-0.05, 0) is 57.2 Å². The molecule has 0 spiro atoms. The van der Waals surface area contributed by atoms with Crippen LogP contribution in [0.3, 0.4) is 0 Å². The Balaban J connectivity index is 1.93. The van der Waals surface area contributed by atoms with Gasteiger partial charge in [-0.1, -0.05) is 32.9 Å². The van der Waals surface area contributed by atoms with Crippen molar-refractivity contribution in [1.82, 2.24) is 5.32 Å². The number of nitrogens with one attached hydrogen (secondary N) is 2. The van der Waals surface area contributed by atoms with Crippen molar-refractivity contribution in [2.45, 2.75) is 26.2 Å². The average molecular weight is 463 g/mol. The highest BCUT2D eigenvalue weighted by molar-refractivity contribution is 9.10. The Morgan fingerprint density at radius 1 is 1.10 bits per heavy atom. The quantitative estimate of drug-likeness (QED) is 0.577. The van der Waals surface area contributed by atoms with E-state index in [0.29, 0.717) is 30.2 Å². The molecule has 0 unspecified atom stereocenters. The molecule has 0 atom stereocenters. The second kappa shape index (κ2) is 10.4. The molecule has 0 saturated carbocycles. The van der Waals surface area contributed by atoms with Crippen LogP contribution in [0.1, 0.15) is 36.7 Å². The molecule has 0 heterocycles. The minimum Gasteiger partial charge on any atom is -0.483 e. The number of methoxy groups -OCH3 is 1. The molecule has 0 aliphatic heterocycles. The summed E-state index contributed by atoms with van der Waals surface area (Å²) in [5, 5.41) is 5.49. The van der Waals surface area contributed by atoms with Crippen molar-refractivity contribution in [3.63, 3.8) is 0 Å². The van der Waals surface area contributed by atoms with E-state index < -0.39 is 0 Å². The van der Waals surface area contributed by atoms with Crippen LogP contribution in [0.4, 0.5) is 5.69 Å². The first kappa shape index (κ1) is 22.9. The summed E-state index contributed by atoms with van der Waals surface area (Å²) < 4.78 is 11.3. The molecule has 7 heteroatoms. The molecular weight excluding hydrogens is 436 g/mol. The SMILES string of the molecule is COCCNC(=O)c1cccc(NC(=O)COc2ccc(C(C)(C)C)cc2Br)c1. The average Bonchev–Trinajstić information content (AvgIpc) is 2.66. The van der Waals surface area contributed by atoms with E-state index in [4.69, 9.17) is 9.47 Å². The Labute approximate surface area is 180 Å². The molecule has 0 saturated heterocycles. The molecule has 0 radical (unpaired) electrons. The Morgan fingerprint density at radius 3 is 2.52 bits per heavy atom. The van der Waals surface area contributed by atoms with E-state index in [1.807, 2.05) is 18.2 Å². The molecule has 6 nitrogen and oxygen atoms in total. The summed E-state index contributed by atoms with van der Waals surface area (Å²) in [5.41, 5.74) is 2.18. The Bertz CT molecular complexity index is 862. The zero-order chi connectivity index (χ0) is 21.4. The number of rotatable bonds is 8. The monoisotopic (exact) mass is 462 g/mol. The van der Waals surface area contributed by atoms with E-state index in [0.717, 1.165) is 4.47 Å². The van der Waals surface area contributed by atoms with E-state index in [9.17, 15) is 9.59 Å². The molecule has 29 heavy (non-hydrogen) atoms. The summed E-state index contributed by atoms with van der Waals surface area (Å²) in [4.78, 5) is 24.3. The van der Waals surface area contributed by atoms with Crippen LogP contribution in [-0.2, 0) is 14.9 Å². The Morgan fingerprint density at radius 2 is 1.86 bits per heavy atom. The van der Waals surface area contributed by atoms with Crippen molar-refractivity contribution in [3.05, 3.63) is 58.1 Å². The molecule has 0 fully saturated rings. The first-order chi connectivity index (χ1) is 13.7. The first-order valence-corrected chi connectivity index (χ1v) is 10.1. The zero-order valence-corrected chi connectivity index (χ0v) is 18.8. The molecule has 2 rings (SSSR count). The van der Waals surface area contributed by atoms with Crippen molar-refractivity contribution < 1.29 is 19.1 Å². The van der Waals surface area contributed by atoms with Gasteiger partial charge >= 0.3 is 0 Å². The molecular formula is C22H27BrN2O4. The van der Waals surface area contributed by atoms with Gasteiger partial charge in [-0.15, -0.1) is 0 Å². The Kier molecular flexibility index (Phi) is 8.22. The van der Waals surface area contributed by atoms with Gasteiger partial charge in [-0.25, -0.2) is 0 Å². The van der Waals surface area contributed by atoms with Crippen LogP contribution in [0.25, 0.3) is 0 Å². The molecule has 0 aromatic heterocycles. The Hall–Kier alpha value is -2.38. The number of benzene rings is 2. The number of halogens is 1. The third-order valence-electron chi connectivity index (χ3n) is 4.16. The predicted molar refractivity (Wildman–Crippen MR) is 118 cm³/mol. The van der Waals surface area contributed by atoms with Crippen molar-refractivity contribution in [2.24, 2.45) is 0 Å². The van der Waals surface area contributed by atoms with Gasteiger partial charge < -0.3 is 20.1 Å². The normalized spacial score (nSPS) is 11.1. The number of anilines is 1. The van der Waals surface area contributed by atoms with Crippen LogP contribution in [0.5, 0.6) is 5.75 Å². The van der Waals surface area contributed by atoms with Crippen LogP contribution >= 0.6 is 15.9 Å². The smallest absolute Gasteiger partial charge is 0.262 e. The molecule has 2 amide bonds. The van der Waals surface area contributed by atoms with E-state index in [1.165, 1.54) is 5.56 Å². The summed E-state index contributed by atoms with van der Waals surface area (Å²) in [7, 11) is 1.57. The van der Waals surface area contributed by atoms with Crippen LogP contribution in [-0.4, -0.2) is 38.7 Å². The van der Waals surface area contributed by atoms with Gasteiger partial charge in [0, 0.05) is 24.9 Å². The van der Waals surface area contributed by atoms with Crippen molar-refractivity contribution >= 4 is 33.4 Å². The number of amides is 2. The van der Waals surface area contributed by atoms with E-state index in [2.05, 4.69) is 47.3 Å². The number of ether oxygens (including phenoxy) is 2. The van der Waals surface area contributed by atoms with Gasteiger partial charge in [0.2, 0.25) is 0 Å². The minimum absolute atomic E-state index is 0.0271. The van der Waals surface area contributed by atoms with E-state index in [-0.39, 0.29) is 23.8 Å². The predicted octanol–water partition coefficient (Wildman–Crippen LogP) is 4.14. The molecule has 156 valence electrons. The fourth-order valence-corrected chi connectivity index (χ4v) is 3.02. The van der Waals surface area contributed by atoms with Gasteiger partial charge in [-0.2, -0.15) is 0 Å². The molecule has 0 aliphatic carbocycles. The van der Waals surface area contributed by atoms with Gasteiger partial charge in [0.15, 0.2) is 6.61 Å². The number of hydrogen-bond acceptors (Lipinski definition) is 4. The highest BCUT2D eigenvalue weighted by Crippen LogP contribution is 2.31. The largest absolute Gasteiger partial charge is 0.483 e. The van der Waals surface area contributed by atoms with Crippen LogP contribution in [0.2, 0.25) is 0 Å². The van der Waals surface area contributed by atoms with Gasteiger partial charge in [0.1, 0.15) is 5.75 Å². The topological polar surface area (TPSA) is 76.7 Å². The lowest BCUT2D eigenvalue weighted by atomic mass is 9.87. The van der Waals surface area contributed by atoms with Crippen molar-refractivity contribution in [3.8, 4) is 5.75 Å². The highest BCUT2D eigenvalue weighted by Gasteiger charge is 2.16. The molecule has 2 aromatic rings. The molecule has 2 aromatic carbocycles. The fraction of sp³-hybridized carbons (Fsp3) is 0.364. The number of hydrogen-bond donors (Lipinski definition) is 2. The van der Waals surface area contributed by atoms with E-state index in [1.54, 1.807) is 31.4 Å². The maximum absolute atomic E-state index is 12.2. The van der Waals surface area contributed by atoms with Gasteiger partial charge in [0.25, 0.3) is 11.8 Å². The van der Waals surface area contributed by atoms with Crippen LogP contribution < -0.4 is 15.4 Å². The third-order valence-corrected chi connectivity index (χ3v) is 4.78. The van der Waals surface area contributed by atoms with Gasteiger partial charge in [0.05, 0.1) is 11.1 Å². The maximum atomic E-state index is 12.2. The highest BCUT2D eigenvalue weighted by atomic mass is 79.9. The summed E-state index contributed by atoms with van der Waals surface area (Å²) in [6.07, 6.45) is 0. The summed E-state index contributed by atoms with van der Waals surface area (Å²) in [6, 6.07) is 12.6. The fourth-order valence-electron chi connectivity index (χ4n) is 2.53. The lowest BCUT2D eigenvalue weighted by Crippen LogP contribution is -2.27. The third kappa shape index (κ3) is 7.18. The van der Waals surface area contributed by atoms with Crippen molar-refractivity contribution in [1.29, 1.82) is 0 Å². The molecule has 2 N–H and O–H groups in total. The zero-order valence-electron chi connectivity index (χ0n) is 17.2. The molecule has 0 bridgehead atoms. The molecule has 0 aliphatic rings. The van der Waals surface area contributed by atoms with Gasteiger partial charge in [-0.3, -0.25) is 9.59 Å². The van der Waals surface area contributed by atoms with Crippen molar-refractivity contribution in [2.75, 3.05) is 32.2 Å². The van der Waals surface area contributed by atoms with E-state index >= 15 is 0 Å². The second-order valence-electron chi connectivity index (χ2n) is 7.56. The number of carbonyl (C=O) groups is 2. The lowest BCUT2D eigenvalue weighted by molar-refractivity contribution is -0.118. The number of carbonyl (C=O) groups excluding carboxylic acids is 2. The van der Waals surface area contributed by atoms with Crippen LogP contribution in [0, 0.1) is 0 Å². The summed E-state index contributed by atoms with van der Waals surface area (Å²) >= 11 is 3.50. The summed E-state index contributed by atoms with van der Waals surface area (Å²) in [6.45, 7) is 7.12. The lowest BCUT2D eigenvalue weighted by Gasteiger charge is -2.20.